The third-order valence-electron chi connectivity index (χ3n) is 4.06. The van der Waals surface area contributed by atoms with E-state index in [1.54, 1.807) is 0 Å². The van der Waals surface area contributed by atoms with Crippen LogP contribution in [0.25, 0.3) is 0 Å². The Labute approximate surface area is 89.1 Å². The van der Waals surface area contributed by atoms with Crippen LogP contribution < -0.4 is 0 Å². The second-order valence-corrected chi connectivity index (χ2v) is 5.30. The van der Waals surface area contributed by atoms with E-state index in [0.717, 1.165) is 17.8 Å². The Hall–Kier alpha value is -0.520. The lowest BCUT2D eigenvalue weighted by molar-refractivity contribution is 0.170. The Balaban J connectivity index is 2.76. The number of hydrogen-bond donors (Lipinski definition) is 0. The standard InChI is InChI=1S/C14H24/c1-9(2)13-7-11(5)12(6)14(8-13)10(3)4/h11-14H,1,3,7-8H2,2,4-6H3/t11-,12+,13-,14+/m0/s1. The fourth-order valence-electron chi connectivity index (χ4n) is 2.73. The molecule has 0 unspecified atom stereocenters. The van der Waals surface area contributed by atoms with Crippen LogP contribution in [0, 0.1) is 23.7 Å². The average molecular weight is 192 g/mol. The van der Waals surface area contributed by atoms with Gasteiger partial charge in [-0.2, -0.15) is 0 Å². The van der Waals surface area contributed by atoms with Crippen LogP contribution in [0.15, 0.2) is 24.3 Å². The normalized spacial score (nSPS) is 38.0. The lowest BCUT2D eigenvalue weighted by Crippen LogP contribution is -2.30. The molecule has 0 aromatic heterocycles. The summed E-state index contributed by atoms with van der Waals surface area (Å²) in [5.41, 5.74) is 2.71. The van der Waals surface area contributed by atoms with Gasteiger partial charge in [0, 0.05) is 0 Å². The minimum atomic E-state index is 0.709. The van der Waals surface area contributed by atoms with Crippen molar-refractivity contribution in [1.29, 1.82) is 0 Å². The van der Waals surface area contributed by atoms with E-state index in [0.29, 0.717) is 5.92 Å². The van der Waals surface area contributed by atoms with Gasteiger partial charge >= 0.3 is 0 Å². The zero-order chi connectivity index (χ0) is 10.9. The zero-order valence-electron chi connectivity index (χ0n) is 10.1. The van der Waals surface area contributed by atoms with Gasteiger partial charge in [0.1, 0.15) is 0 Å². The summed E-state index contributed by atoms with van der Waals surface area (Å²) < 4.78 is 0. The SMILES string of the molecule is C=C(C)[C@@H]1C[C@H](C(=C)C)[C@H](C)[C@@H](C)C1. The van der Waals surface area contributed by atoms with Crippen molar-refractivity contribution in [2.75, 3.05) is 0 Å². The van der Waals surface area contributed by atoms with E-state index in [-0.39, 0.29) is 0 Å². The molecule has 0 heteroatoms. The van der Waals surface area contributed by atoms with Crippen molar-refractivity contribution in [3.8, 4) is 0 Å². The molecule has 0 spiro atoms. The quantitative estimate of drug-likeness (QED) is 0.567. The average Bonchev–Trinajstić information content (AvgIpc) is 2.08. The lowest BCUT2D eigenvalue weighted by Gasteiger charge is -2.39. The molecule has 0 aromatic rings. The van der Waals surface area contributed by atoms with Crippen LogP contribution in [0.1, 0.15) is 40.5 Å². The highest BCUT2D eigenvalue weighted by Gasteiger charge is 2.33. The maximum Gasteiger partial charge on any atom is -0.0175 e. The monoisotopic (exact) mass is 192 g/mol. The summed E-state index contributed by atoms with van der Waals surface area (Å²) in [7, 11) is 0. The zero-order valence-corrected chi connectivity index (χ0v) is 10.1. The van der Waals surface area contributed by atoms with Gasteiger partial charge in [0.25, 0.3) is 0 Å². The smallest absolute Gasteiger partial charge is 0.0175 e. The molecule has 0 aromatic carbocycles. The van der Waals surface area contributed by atoms with Crippen molar-refractivity contribution >= 4 is 0 Å². The highest BCUT2D eigenvalue weighted by molar-refractivity contribution is 5.08. The third-order valence-corrected chi connectivity index (χ3v) is 4.06. The molecule has 0 saturated heterocycles. The highest BCUT2D eigenvalue weighted by Crippen LogP contribution is 2.42. The molecule has 1 saturated carbocycles. The third kappa shape index (κ3) is 2.29. The van der Waals surface area contributed by atoms with E-state index in [1.165, 1.54) is 24.0 Å². The Morgan fingerprint density at radius 1 is 1.00 bits per heavy atom. The van der Waals surface area contributed by atoms with Crippen molar-refractivity contribution in [2.24, 2.45) is 23.7 Å². The van der Waals surface area contributed by atoms with Crippen LogP contribution in [0.5, 0.6) is 0 Å². The van der Waals surface area contributed by atoms with E-state index in [9.17, 15) is 0 Å². The lowest BCUT2D eigenvalue weighted by atomic mass is 9.66. The van der Waals surface area contributed by atoms with Gasteiger partial charge in [-0.15, -0.1) is 0 Å². The summed E-state index contributed by atoms with van der Waals surface area (Å²) in [6.07, 6.45) is 2.59. The predicted octanol–water partition coefficient (Wildman–Crippen LogP) is 4.44. The summed E-state index contributed by atoms with van der Waals surface area (Å²) in [6.45, 7) is 17.3. The van der Waals surface area contributed by atoms with Crippen LogP contribution in [-0.4, -0.2) is 0 Å². The Kier molecular flexibility index (Phi) is 3.58. The van der Waals surface area contributed by atoms with E-state index in [1.807, 2.05) is 0 Å². The van der Waals surface area contributed by atoms with Gasteiger partial charge < -0.3 is 0 Å². The number of hydrogen-bond acceptors (Lipinski definition) is 0. The molecule has 4 atom stereocenters. The van der Waals surface area contributed by atoms with E-state index in [4.69, 9.17) is 0 Å². The van der Waals surface area contributed by atoms with Gasteiger partial charge in [0.2, 0.25) is 0 Å². The van der Waals surface area contributed by atoms with Crippen molar-refractivity contribution in [3.05, 3.63) is 24.3 Å². The van der Waals surface area contributed by atoms with Crippen molar-refractivity contribution in [1.82, 2.24) is 0 Å². The first-order chi connectivity index (χ1) is 6.43. The first-order valence-electron chi connectivity index (χ1n) is 5.74. The molecule has 0 radical (unpaired) electrons. The first kappa shape index (κ1) is 11.6. The van der Waals surface area contributed by atoms with Gasteiger partial charge in [-0.1, -0.05) is 38.2 Å². The summed E-state index contributed by atoms with van der Waals surface area (Å²) in [5, 5.41) is 0. The van der Waals surface area contributed by atoms with Crippen LogP contribution >= 0.6 is 0 Å². The van der Waals surface area contributed by atoms with Crippen LogP contribution in [0.3, 0.4) is 0 Å². The number of allylic oxidation sites excluding steroid dienone is 2. The van der Waals surface area contributed by atoms with Crippen LogP contribution in [0.2, 0.25) is 0 Å². The molecule has 0 N–H and O–H groups in total. The molecular formula is C14H24. The van der Waals surface area contributed by atoms with Crippen LogP contribution in [-0.2, 0) is 0 Å². The topological polar surface area (TPSA) is 0 Å². The Morgan fingerprint density at radius 3 is 2.00 bits per heavy atom. The van der Waals surface area contributed by atoms with Gasteiger partial charge in [-0.25, -0.2) is 0 Å². The molecule has 1 aliphatic rings. The molecule has 0 heterocycles. The summed E-state index contributed by atoms with van der Waals surface area (Å²) in [5.74, 6) is 3.04. The summed E-state index contributed by atoms with van der Waals surface area (Å²) in [6, 6.07) is 0. The van der Waals surface area contributed by atoms with Crippen molar-refractivity contribution in [2.45, 2.75) is 40.5 Å². The van der Waals surface area contributed by atoms with E-state index >= 15 is 0 Å². The molecular weight excluding hydrogens is 168 g/mol. The molecule has 1 aliphatic carbocycles. The second kappa shape index (κ2) is 4.33. The molecule has 1 fully saturated rings. The Morgan fingerprint density at radius 2 is 1.57 bits per heavy atom. The summed E-state index contributed by atoms with van der Waals surface area (Å²) in [4.78, 5) is 0. The highest BCUT2D eigenvalue weighted by atomic mass is 14.4. The van der Waals surface area contributed by atoms with Gasteiger partial charge in [-0.05, 0) is 50.4 Å². The maximum absolute atomic E-state index is 4.13. The van der Waals surface area contributed by atoms with Gasteiger partial charge in [0.05, 0.1) is 0 Å². The predicted molar refractivity (Wildman–Crippen MR) is 64.2 cm³/mol. The van der Waals surface area contributed by atoms with E-state index < -0.39 is 0 Å². The molecule has 0 amide bonds. The molecule has 80 valence electrons. The number of rotatable bonds is 2. The van der Waals surface area contributed by atoms with E-state index in [2.05, 4.69) is 40.9 Å². The second-order valence-electron chi connectivity index (χ2n) is 5.30. The minimum absolute atomic E-state index is 0.709. The fraction of sp³-hybridized carbons (Fsp3) is 0.714. The maximum atomic E-state index is 4.13. The van der Waals surface area contributed by atoms with Gasteiger partial charge in [0.15, 0.2) is 0 Å². The largest absolute Gasteiger partial charge is 0.0999 e. The van der Waals surface area contributed by atoms with Crippen molar-refractivity contribution in [3.63, 3.8) is 0 Å². The molecule has 0 nitrogen and oxygen atoms in total. The van der Waals surface area contributed by atoms with Crippen molar-refractivity contribution < 1.29 is 0 Å². The first-order valence-corrected chi connectivity index (χ1v) is 5.74. The molecule has 0 bridgehead atoms. The molecule has 1 rings (SSSR count). The minimum Gasteiger partial charge on any atom is -0.0999 e. The Bertz CT molecular complexity index is 236. The summed E-state index contributed by atoms with van der Waals surface area (Å²) >= 11 is 0. The van der Waals surface area contributed by atoms with Gasteiger partial charge in [-0.3, -0.25) is 0 Å². The molecule has 14 heavy (non-hydrogen) atoms. The van der Waals surface area contributed by atoms with Crippen LogP contribution in [0.4, 0.5) is 0 Å². The molecule has 0 aliphatic heterocycles. The fourth-order valence-corrected chi connectivity index (χ4v) is 2.73.